The molecule has 1 amide bonds. The first-order chi connectivity index (χ1) is 13.5. The number of nitrogens with one attached hydrogen (secondary N) is 2. The van der Waals surface area contributed by atoms with Crippen LogP contribution in [-0.2, 0) is 5.75 Å². The fraction of sp³-hybridized carbons (Fsp3) is 0.0500. The Morgan fingerprint density at radius 3 is 2.68 bits per heavy atom. The van der Waals surface area contributed by atoms with Crippen LogP contribution in [0.2, 0.25) is 5.02 Å². The molecular formula is C20H14ClFN4OS. The van der Waals surface area contributed by atoms with E-state index in [-0.39, 0.29) is 10.9 Å². The van der Waals surface area contributed by atoms with Gasteiger partial charge in [0.2, 0.25) is 0 Å². The van der Waals surface area contributed by atoms with Gasteiger partial charge in [-0.2, -0.15) is 5.26 Å². The minimum atomic E-state index is -0.547. The number of hydrogen-bond donors (Lipinski definition) is 2. The van der Waals surface area contributed by atoms with E-state index in [1.807, 2.05) is 12.1 Å². The molecule has 3 rings (SSSR count). The number of hydrogen-bond acceptors (Lipinski definition) is 5. The molecule has 8 heteroatoms. The number of halogens is 2. The second-order valence-corrected chi connectivity index (χ2v) is 6.90. The lowest BCUT2D eigenvalue weighted by molar-refractivity contribution is 0.102. The number of aromatic nitrogens is 1. The number of carbonyl (C=O) groups excluding carboxylic acids is 1. The minimum absolute atomic E-state index is 0.0610. The van der Waals surface area contributed by atoms with E-state index in [0.29, 0.717) is 28.4 Å². The van der Waals surface area contributed by atoms with Gasteiger partial charge in [-0.25, -0.2) is 9.37 Å². The fourth-order valence-corrected chi connectivity index (χ4v) is 3.14. The summed E-state index contributed by atoms with van der Waals surface area (Å²) in [7, 11) is 0. The standard InChI is InChI=1S/C20H14ClFN4OS/c21-17-10-16(5-6-18(17)22)25-20(27)15-7-8-24-19(9-15)26-28-12-14-3-1-13(11-23)2-4-14/h1-10H,12H2,(H,24,26)(H,25,27). The van der Waals surface area contributed by atoms with Crippen molar-refractivity contribution in [2.24, 2.45) is 0 Å². The van der Waals surface area contributed by atoms with Gasteiger partial charge in [-0.3, -0.25) is 4.79 Å². The number of amides is 1. The van der Waals surface area contributed by atoms with Gasteiger partial charge in [-0.15, -0.1) is 0 Å². The zero-order valence-corrected chi connectivity index (χ0v) is 16.0. The zero-order valence-electron chi connectivity index (χ0n) is 14.4. The average molecular weight is 413 g/mol. The van der Waals surface area contributed by atoms with Gasteiger partial charge in [0, 0.05) is 23.2 Å². The summed E-state index contributed by atoms with van der Waals surface area (Å²) in [6.07, 6.45) is 1.52. The molecule has 3 aromatic rings. The Morgan fingerprint density at radius 1 is 1.18 bits per heavy atom. The number of pyridine rings is 1. The molecule has 1 heterocycles. The lowest BCUT2D eigenvalue weighted by Crippen LogP contribution is -2.12. The molecular weight excluding hydrogens is 399 g/mol. The molecule has 1 aromatic heterocycles. The van der Waals surface area contributed by atoms with Crippen molar-refractivity contribution in [3.8, 4) is 6.07 Å². The Morgan fingerprint density at radius 2 is 1.96 bits per heavy atom. The number of carbonyl (C=O) groups is 1. The Labute approximate surface area is 170 Å². The van der Waals surface area contributed by atoms with Crippen LogP contribution >= 0.6 is 23.5 Å². The Balaban J connectivity index is 1.58. The quantitative estimate of drug-likeness (QED) is 0.540. The fourth-order valence-electron chi connectivity index (χ4n) is 2.27. The molecule has 0 atom stereocenters. The van der Waals surface area contributed by atoms with Crippen molar-refractivity contribution >= 4 is 41.0 Å². The van der Waals surface area contributed by atoms with Gasteiger partial charge < -0.3 is 10.0 Å². The SMILES string of the molecule is N#Cc1ccc(CSNc2cc(C(=O)Nc3ccc(F)c(Cl)c3)ccn2)cc1. The predicted molar refractivity (Wildman–Crippen MR) is 110 cm³/mol. The van der Waals surface area contributed by atoms with Gasteiger partial charge in [0.25, 0.3) is 5.91 Å². The zero-order chi connectivity index (χ0) is 19.9. The first kappa shape index (κ1) is 19.7. The molecule has 0 fully saturated rings. The molecule has 2 N–H and O–H groups in total. The number of nitrogens with zero attached hydrogens (tertiary/aromatic N) is 2. The Hall–Kier alpha value is -3.08. The minimum Gasteiger partial charge on any atom is -0.322 e. The van der Waals surface area contributed by atoms with Crippen LogP contribution in [0, 0.1) is 17.1 Å². The summed E-state index contributed by atoms with van der Waals surface area (Å²) in [6.45, 7) is 0. The highest BCUT2D eigenvalue weighted by molar-refractivity contribution is 7.99. The van der Waals surface area contributed by atoms with Crippen molar-refractivity contribution in [2.75, 3.05) is 10.0 Å². The summed E-state index contributed by atoms with van der Waals surface area (Å²) in [5.74, 6) is 0.292. The van der Waals surface area contributed by atoms with E-state index in [1.54, 1.807) is 24.3 Å². The van der Waals surface area contributed by atoms with Gasteiger partial charge in [-0.05, 0) is 60.0 Å². The molecule has 0 aliphatic carbocycles. The lowest BCUT2D eigenvalue weighted by Gasteiger charge is -2.08. The van der Waals surface area contributed by atoms with Crippen LogP contribution in [0.5, 0.6) is 0 Å². The van der Waals surface area contributed by atoms with E-state index in [4.69, 9.17) is 16.9 Å². The summed E-state index contributed by atoms with van der Waals surface area (Å²) in [4.78, 5) is 16.6. The van der Waals surface area contributed by atoms with Crippen LogP contribution in [0.4, 0.5) is 15.9 Å². The first-order valence-corrected chi connectivity index (χ1v) is 9.51. The second-order valence-electron chi connectivity index (χ2n) is 5.71. The van der Waals surface area contributed by atoms with Crippen LogP contribution < -0.4 is 10.0 Å². The van der Waals surface area contributed by atoms with Crippen molar-refractivity contribution in [2.45, 2.75) is 5.75 Å². The smallest absolute Gasteiger partial charge is 0.255 e. The van der Waals surface area contributed by atoms with E-state index in [0.717, 1.165) is 5.56 Å². The van der Waals surface area contributed by atoms with Crippen LogP contribution in [0.3, 0.4) is 0 Å². The molecule has 5 nitrogen and oxygen atoms in total. The monoisotopic (exact) mass is 412 g/mol. The molecule has 0 spiro atoms. The third kappa shape index (κ3) is 5.22. The van der Waals surface area contributed by atoms with Crippen LogP contribution in [-0.4, -0.2) is 10.9 Å². The second kappa shape index (κ2) is 9.22. The van der Waals surface area contributed by atoms with E-state index >= 15 is 0 Å². The van der Waals surface area contributed by atoms with Crippen LogP contribution in [0.1, 0.15) is 21.5 Å². The average Bonchev–Trinajstić information content (AvgIpc) is 2.71. The largest absolute Gasteiger partial charge is 0.322 e. The summed E-state index contributed by atoms with van der Waals surface area (Å²) >= 11 is 7.14. The van der Waals surface area contributed by atoms with E-state index in [9.17, 15) is 9.18 Å². The highest BCUT2D eigenvalue weighted by atomic mass is 35.5. The highest BCUT2D eigenvalue weighted by Crippen LogP contribution is 2.21. The topological polar surface area (TPSA) is 77.8 Å². The van der Waals surface area contributed by atoms with Crippen LogP contribution in [0.15, 0.2) is 60.8 Å². The normalized spacial score (nSPS) is 10.2. The number of rotatable bonds is 6. The van der Waals surface area contributed by atoms with Crippen molar-refractivity contribution in [1.29, 1.82) is 5.26 Å². The molecule has 0 saturated carbocycles. The summed E-state index contributed by atoms with van der Waals surface area (Å²) in [6, 6.07) is 16.6. The van der Waals surface area contributed by atoms with Gasteiger partial charge >= 0.3 is 0 Å². The molecule has 2 aromatic carbocycles. The summed E-state index contributed by atoms with van der Waals surface area (Å²) in [5, 5.41) is 11.4. The number of anilines is 2. The van der Waals surface area contributed by atoms with Gasteiger partial charge in [-0.1, -0.05) is 23.7 Å². The van der Waals surface area contributed by atoms with Crippen molar-refractivity contribution in [3.05, 3.63) is 88.3 Å². The maximum absolute atomic E-state index is 13.2. The van der Waals surface area contributed by atoms with Crippen molar-refractivity contribution in [1.82, 2.24) is 4.98 Å². The van der Waals surface area contributed by atoms with Gasteiger partial charge in [0.1, 0.15) is 11.6 Å². The molecule has 28 heavy (non-hydrogen) atoms. The molecule has 0 radical (unpaired) electrons. The van der Waals surface area contributed by atoms with Gasteiger partial charge in [0.15, 0.2) is 0 Å². The number of nitriles is 1. The number of benzene rings is 2. The van der Waals surface area contributed by atoms with Gasteiger partial charge in [0.05, 0.1) is 16.7 Å². The molecule has 140 valence electrons. The van der Waals surface area contributed by atoms with Crippen molar-refractivity contribution < 1.29 is 9.18 Å². The maximum atomic E-state index is 13.2. The third-order valence-corrected chi connectivity index (χ3v) is 4.82. The molecule has 0 aliphatic heterocycles. The first-order valence-electron chi connectivity index (χ1n) is 8.14. The Kier molecular flexibility index (Phi) is 6.48. The lowest BCUT2D eigenvalue weighted by atomic mass is 10.2. The third-order valence-electron chi connectivity index (χ3n) is 3.70. The molecule has 0 unspecified atom stereocenters. The van der Waals surface area contributed by atoms with E-state index < -0.39 is 5.82 Å². The molecule has 0 aliphatic rings. The van der Waals surface area contributed by atoms with E-state index in [1.165, 1.54) is 36.3 Å². The van der Waals surface area contributed by atoms with E-state index in [2.05, 4.69) is 21.1 Å². The maximum Gasteiger partial charge on any atom is 0.255 e. The molecule has 0 saturated heterocycles. The Bertz CT molecular complexity index is 1040. The predicted octanol–water partition coefficient (Wildman–Crippen LogP) is 5.26. The van der Waals surface area contributed by atoms with Crippen LogP contribution in [0.25, 0.3) is 0 Å². The highest BCUT2D eigenvalue weighted by Gasteiger charge is 2.09. The van der Waals surface area contributed by atoms with Crippen molar-refractivity contribution in [3.63, 3.8) is 0 Å². The molecule has 0 bridgehead atoms. The summed E-state index contributed by atoms with van der Waals surface area (Å²) < 4.78 is 16.3. The summed E-state index contributed by atoms with van der Waals surface area (Å²) in [5.41, 5.74) is 2.47.